The Balaban J connectivity index is 1.66. The number of likely N-dealkylation sites (N-methyl/N-ethyl adjacent to an activating group) is 1. The Morgan fingerprint density at radius 1 is 1.16 bits per heavy atom. The normalized spacial score (nSPS) is 21.6. The van der Waals surface area contributed by atoms with E-state index in [0.717, 1.165) is 47.6 Å². The molecule has 1 fully saturated rings. The van der Waals surface area contributed by atoms with Gasteiger partial charge in [-0.05, 0) is 31.7 Å². The number of nitrogens with zero attached hydrogens (tertiary/aromatic N) is 5. The maximum absolute atomic E-state index is 13.4. The number of fused-ring (bicyclic) bond motifs is 1. The second kappa shape index (κ2) is 7.48. The molecule has 2 aromatic heterocycles. The Morgan fingerprint density at radius 2 is 1.90 bits per heavy atom. The van der Waals surface area contributed by atoms with Crippen molar-refractivity contribution < 1.29 is 4.79 Å². The number of aromatic amines is 1. The number of amides is 1. The van der Waals surface area contributed by atoms with Gasteiger partial charge in [-0.3, -0.25) is 9.89 Å². The number of hydrogen-bond donors (Lipinski definition) is 1. The minimum atomic E-state index is -0.612. The van der Waals surface area contributed by atoms with E-state index in [1.807, 2.05) is 31.4 Å². The SMILES string of the molecule is CC[C@]1(C)C(=O)N(C)c2cnc(-c3[nH]ncc3-c3ccccc3)nc2N1C1CCCC1. The minimum absolute atomic E-state index is 0.109. The number of benzene rings is 1. The summed E-state index contributed by atoms with van der Waals surface area (Å²) in [6.07, 6.45) is 8.88. The van der Waals surface area contributed by atoms with E-state index in [2.05, 4.69) is 46.1 Å². The van der Waals surface area contributed by atoms with Crippen LogP contribution in [0.25, 0.3) is 22.6 Å². The molecule has 160 valence electrons. The number of rotatable bonds is 4. The van der Waals surface area contributed by atoms with Crippen LogP contribution in [0.2, 0.25) is 0 Å². The van der Waals surface area contributed by atoms with Crippen LogP contribution >= 0.6 is 0 Å². The number of carbonyl (C=O) groups is 1. The third-order valence-corrected chi connectivity index (χ3v) is 6.96. The lowest BCUT2D eigenvalue weighted by molar-refractivity contribution is -0.123. The molecule has 0 saturated heterocycles. The molecule has 1 amide bonds. The number of H-pyrrole nitrogens is 1. The summed E-state index contributed by atoms with van der Waals surface area (Å²) < 4.78 is 0. The molecule has 0 unspecified atom stereocenters. The fourth-order valence-corrected chi connectivity index (χ4v) is 5.06. The monoisotopic (exact) mass is 416 g/mol. The van der Waals surface area contributed by atoms with Crippen LogP contribution in [0.4, 0.5) is 11.5 Å². The van der Waals surface area contributed by atoms with Gasteiger partial charge in [0, 0.05) is 18.7 Å². The smallest absolute Gasteiger partial charge is 0.252 e. The molecule has 7 heteroatoms. The second-order valence-electron chi connectivity index (χ2n) is 8.73. The zero-order chi connectivity index (χ0) is 21.6. The first-order chi connectivity index (χ1) is 15.0. The van der Waals surface area contributed by atoms with Gasteiger partial charge < -0.3 is 9.80 Å². The molecule has 1 N–H and O–H groups in total. The average Bonchev–Trinajstić information content (AvgIpc) is 3.50. The number of hydrogen-bond acceptors (Lipinski definition) is 5. The number of anilines is 2. The predicted octanol–water partition coefficient (Wildman–Crippen LogP) is 4.43. The van der Waals surface area contributed by atoms with Gasteiger partial charge in [0.25, 0.3) is 5.91 Å². The summed E-state index contributed by atoms with van der Waals surface area (Å²) in [5.41, 5.74) is 2.97. The average molecular weight is 417 g/mol. The van der Waals surface area contributed by atoms with E-state index in [1.165, 1.54) is 12.8 Å². The zero-order valence-electron chi connectivity index (χ0n) is 18.3. The van der Waals surface area contributed by atoms with Crippen LogP contribution in [-0.2, 0) is 4.79 Å². The van der Waals surface area contributed by atoms with E-state index < -0.39 is 5.54 Å². The molecule has 1 aromatic carbocycles. The van der Waals surface area contributed by atoms with Gasteiger partial charge in [0.05, 0.1) is 12.4 Å². The quantitative estimate of drug-likeness (QED) is 0.681. The first kappa shape index (κ1) is 19.7. The third-order valence-electron chi connectivity index (χ3n) is 6.96. The van der Waals surface area contributed by atoms with E-state index >= 15 is 0 Å². The highest BCUT2D eigenvalue weighted by molar-refractivity contribution is 6.07. The molecule has 1 aliphatic heterocycles. The highest BCUT2D eigenvalue weighted by Gasteiger charge is 2.49. The second-order valence-corrected chi connectivity index (χ2v) is 8.73. The predicted molar refractivity (Wildman–Crippen MR) is 122 cm³/mol. The van der Waals surface area contributed by atoms with Crippen molar-refractivity contribution in [2.45, 2.75) is 57.5 Å². The highest BCUT2D eigenvalue weighted by Crippen LogP contribution is 2.44. The Hall–Kier alpha value is -3.22. The first-order valence-electron chi connectivity index (χ1n) is 11.1. The molecule has 0 spiro atoms. The van der Waals surface area contributed by atoms with Crippen molar-refractivity contribution in [1.29, 1.82) is 0 Å². The van der Waals surface area contributed by atoms with Gasteiger partial charge in [0.1, 0.15) is 16.9 Å². The first-order valence-corrected chi connectivity index (χ1v) is 11.1. The molecule has 0 radical (unpaired) electrons. The third kappa shape index (κ3) is 3.02. The molecule has 5 rings (SSSR count). The molecule has 0 bridgehead atoms. The fraction of sp³-hybridized carbons (Fsp3) is 0.417. The van der Waals surface area contributed by atoms with Gasteiger partial charge in [0.15, 0.2) is 11.6 Å². The number of aromatic nitrogens is 4. The minimum Gasteiger partial charge on any atom is -0.337 e. The lowest BCUT2D eigenvalue weighted by Crippen LogP contribution is -2.63. The van der Waals surface area contributed by atoms with Crippen molar-refractivity contribution in [2.24, 2.45) is 0 Å². The van der Waals surface area contributed by atoms with Crippen LogP contribution in [-0.4, -0.2) is 44.7 Å². The van der Waals surface area contributed by atoms with Crippen LogP contribution < -0.4 is 9.80 Å². The van der Waals surface area contributed by atoms with Crippen LogP contribution in [0, 0.1) is 0 Å². The van der Waals surface area contributed by atoms with Crippen molar-refractivity contribution in [1.82, 2.24) is 20.2 Å². The van der Waals surface area contributed by atoms with Gasteiger partial charge in [-0.2, -0.15) is 5.10 Å². The Morgan fingerprint density at radius 3 is 2.61 bits per heavy atom. The van der Waals surface area contributed by atoms with Crippen LogP contribution in [0.3, 0.4) is 0 Å². The van der Waals surface area contributed by atoms with E-state index in [4.69, 9.17) is 4.98 Å². The largest absolute Gasteiger partial charge is 0.337 e. The molecular formula is C24H28N6O. The van der Waals surface area contributed by atoms with E-state index in [9.17, 15) is 4.79 Å². The zero-order valence-corrected chi connectivity index (χ0v) is 18.3. The number of nitrogens with one attached hydrogen (secondary N) is 1. The topological polar surface area (TPSA) is 78.0 Å². The standard InChI is InChI=1S/C24H28N6O/c1-4-24(2)23(31)29(3)19-15-25-21(27-22(19)30(24)17-12-8-9-13-17)20-18(14-26-28-20)16-10-6-5-7-11-16/h5-7,10-11,14-15,17H,4,8-9,12-13H2,1-3H3,(H,26,28)/t24-/m1/s1. The van der Waals surface area contributed by atoms with Gasteiger partial charge in [-0.15, -0.1) is 0 Å². The van der Waals surface area contributed by atoms with E-state index in [0.29, 0.717) is 11.9 Å². The molecule has 31 heavy (non-hydrogen) atoms. The van der Waals surface area contributed by atoms with Crippen LogP contribution in [0.1, 0.15) is 46.0 Å². The summed E-state index contributed by atoms with van der Waals surface area (Å²) >= 11 is 0. The van der Waals surface area contributed by atoms with E-state index in [-0.39, 0.29) is 5.91 Å². The molecule has 3 heterocycles. The summed E-state index contributed by atoms with van der Waals surface area (Å²) in [4.78, 5) is 27.1. The fourth-order valence-electron chi connectivity index (χ4n) is 5.06. The van der Waals surface area contributed by atoms with Gasteiger partial charge in [-0.25, -0.2) is 9.97 Å². The summed E-state index contributed by atoms with van der Waals surface area (Å²) in [7, 11) is 1.83. The molecule has 1 saturated carbocycles. The van der Waals surface area contributed by atoms with Crippen molar-refractivity contribution in [2.75, 3.05) is 16.8 Å². The summed E-state index contributed by atoms with van der Waals surface area (Å²) in [5.74, 6) is 1.55. The van der Waals surface area contributed by atoms with Crippen LogP contribution in [0.15, 0.2) is 42.7 Å². The van der Waals surface area contributed by atoms with Crippen molar-refractivity contribution in [3.63, 3.8) is 0 Å². The van der Waals surface area contributed by atoms with Crippen molar-refractivity contribution in [3.8, 4) is 22.6 Å². The summed E-state index contributed by atoms with van der Waals surface area (Å²) in [6.45, 7) is 4.14. The maximum Gasteiger partial charge on any atom is 0.252 e. The van der Waals surface area contributed by atoms with Crippen molar-refractivity contribution >= 4 is 17.4 Å². The lowest BCUT2D eigenvalue weighted by atomic mass is 9.89. The van der Waals surface area contributed by atoms with Crippen molar-refractivity contribution in [3.05, 3.63) is 42.7 Å². The van der Waals surface area contributed by atoms with Gasteiger partial charge >= 0.3 is 0 Å². The molecular weight excluding hydrogens is 388 g/mol. The highest BCUT2D eigenvalue weighted by atomic mass is 16.2. The molecule has 1 atom stereocenters. The van der Waals surface area contributed by atoms with Crippen LogP contribution in [0.5, 0.6) is 0 Å². The molecule has 1 aliphatic carbocycles. The lowest BCUT2D eigenvalue weighted by Gasteiger charge is -2.50. The summed E-state index contributed by atoms with van der Waals surface area (Å²) in [5, 5.41) is 7.36. The van der Waals surface area contributed by atoms with E-state index in [1.54, 1.807) is 11.1 Å². The maximum atomic E-state index is 13.4. The molecule has 3 aromatic rings. The Labute approximate surface area is 182 Å². The number of carbonyl (C=O) groups excluding carboxylic acids is 1. The van der Waals surface area contributed by atoms with Gasteiger partial charge in [0.2, 0.25) is 0 Å². The Bertz CT molecular complexity index is 1100. The summed E-state index contributed by atoms with van der Waals surface area (Å²) in [6, 6.07) is 10.4. The molecule has 2 aliphatic rings. The molecule has 7 nitrogen and oxygen atoms in total. The van der Waals surface area contributed by atoms with Gasteiger partial charge in [-0.1, -0.05) is 50.1 Å². The Kier molecular flexibility index (Phi) is 4.76.